The van der Waals surface area contributed by atoms with Crippen LogP contribution in [-0.4, -0.2) is 37.1 Å². The van der Waals surface area contributed by atoms with Crippen LogP contribution in [-0.2, 0) is 14.3 Å². The van der Waals surface area contributed by atoms with Crippen molar-refractivity contribution in [2.45, 2.75) is 52.2 Å². The van der Waals surface area contributed by atoms with Crippen molar-refractivity contribution in [3.63, 3.8) is 0 Å². The van der Waals surface area contributed by atoms with Crippen LogP contribution in [0, 0.1) is 11.7 Å². The Morgan fingerprint density at radius 2 is 1.81 bits per heavy atom. The maximum atomic E-state index is 13.6. The highest BCUT2D eigenvalue weighted by molar-refractivity contribution is 6.06. The van der Waals surface area contributed by atoms with Crippen LogP contribution in [0.1, 0.15) is 40.0 Å². The second-order valence-corrected chi connectivity index (χ2v) is 8.53. The van der Waals surface area contributed by atoms with Crippen LogP contribution in [0.15, 0.2) is 42.5 Å². The minimum atomic E-state index is -0.446. The first-order valence-electron chi connectivity index (χ1n) is 11.0. The van der Waals surface area contributed by atoms with Gasteiger partial charge in [0.25, 0.3) is 5.91 Å². The van der Waals surface area contributed by atoms with Crippen LogP contribution in [0.2, 0.25) is 0 Å². The summed E-state index contributed by atoms with van der Waals surface area (Å²) in [5.41, 5.74) is 3.14. The van der Waals surface area contributed by atoms with E-state index >= 15 is 0 Å². The number of benzene rings is 2. The van der Waals surface area contributed by atoms with E-state index < -0.39 is 6.10 Å². The Morgan fingerprint density at radius 3 is 2.48 bits per heavy atom. The van der Waals surface area contributed by atoms with Gasteiger partial charge < -0.3 is 14.5 Å². The van der Waals surface area contributed by atoms with Crippen molar-refractivity contribution in [3.8, 4) is 11.1 Å². The lowest BCUT2D eigenvalue weighted by Crippen LogP contribution is -2.54. The molecule has 2 amide bonds. The molecular formula is C25H29FN2O3. The van der Waals surface area contributed by atoms with Crippen LogP contribution >= 0.6 is 0 Å². The van der Waals surface area contributed by atoms with Gasteiger partial charge in [-0.2, -0.15) is 0 Å². The number of amides is 2. The number of nitrogens with zero attached hydrogens (tertiary/aromatic N) is 2. The summed E-state index contributed by atoms with van der Waals surface area (Å²) >= 11 is 0. The smallest absolute Gasteiger partial charge is 0.256 e. The van der Waals surface area contributed by atoms with Gasteiger partial charge in [0.15, 0.2) is 0 Å². The second-order valence-electron chi connectivity index (χ2n) is 8.53. The molecule has 2 aromatic rings. The molecule has 31 heavy (non-hydrogen) atoms. The summed E-state index contributed by atoms with van der Waals surface area (Å²) in [5.74, 6) is -0.169. The predicted octanol–water partition coefficient (Wildman–Crippen LogP) is 4.79. The maximum absolute atomic E-state index is 13.6. The molecule has 0 spiro atoms. The van der Waals surface area contributed by atoms with Crippen molar-refractivity contribution < 1.29 is 18.7 Å². The van der Waals surface area contributed by atoms with Gasteiger partial charge in [-0.3, -0.25) is 9.59 Å². The lowest BCUT2D eigenvalue weighted by molar-refractivity contribution is -0.129. The SMILES string of the molecule is CCCC1CCOC1C(=O)N1C[C@H](C)N(C(C)=O)c2ccc(-c3ccc(F)cc3)cc21. The molecule has 2 aliphatic rings. The van der Waals surface area contributed by atoms with Gasteiger partial charge in [-0.25, -0.2) is 4.39 Å². The largest absolute Gasteiger partial charge is 0.368 e. The molecule has 5 nitrogen and oxygen atoms in total. The van der Waals surface area contributed by atoms with E-state index in [1.165, 1.54) is 12.1 Å². The fourth-order valence-corrected chi connectivity index (χ4v) is 4.86. The lowest BCUT2D eigenvalue weighted by Gasteiger charge is -2.42. The van der Waals surface area contributed by atoms with Gasteiger partial charge in [0.2, 0.25) is 5.91 Å². The van der Waals surface area contributed by atoms with E-state index in [0.717, 1.165) is 36.1 Å². The molecule has 1 saturated heterocycles. The fraction of sp³-hybridized carbons (Fsp3) is 0.440. The van der Waals surface area contributed by atoms with Gasteiger partial charge in [0, 0.05) is 20.1 Å². The summed E-state index contributed by atoms with van der Waals surface area (Å²) in [6.45, 7) is 6.64. The molecule has 3 atom stereocenters. The molecular weight excluding hydrogens is 395 g/mol. The predicted molar refractivity (Wildman–Crippen MR) is 120 cm³/mol. The molecule has 2 aliphatic heterocycles. The molecule has 2 heterocycles. The fourth-order valence-electron chi connectivity index (χ4n) is 4.86. The van der Waals surface area contributed by atoms with Crippen LogP contribution in [0.5, 0.6) is 0 Å². The number of carbonyl (C=O) groups excluding carboxylic acids is 2. The van der Waals surface area contributed by atoms with Gasteiger partial charge >= 0.3 is 0 Å². The molecule has 2 aromatic carbocycles. The van der Waals surface area contributed by atoms with E-state index in [1.54, 1.807) is 28.9 Å². The molecule has 0 radical (unpaired) electrons. The second kappa shape index (κ2) is 8.79. The molecule has 0 aliphatic carbocycles. The van der Waals surface area contributed by atoms with Gasteiger partial charge in [-0.1, -0.05) is 31.5 Å². The quantitative estimate of drug-likeness (QED) is 0.709. The number of hydrogen-bond donors (Lipinski definition) is 0. The molecule has 0 saturated carbocycles. The monoisotopic (exact) mass is 424 g/mol. The number of anilines is 2. The number of halogens is 1. The average Bonchev–Trinajstić information content (AvgIpc) is 3.21. The van der Waals surface area contributed by atoms with Crippen LogP contribution < -0.4 is 9.80 Å². The summed E-state index contributed by atoms with van der Waals surface area (Å²) in [7, 11) is 0. The minimum Gasteiger partial charge on any atom is -0.368 e. The first-order valence-corrected chi connectivity index (χ1v) is 11.0. The lowest BCUT2D eigenvalue weighted by atomic mass is 9.94. The van der Waals surface area contributed by atoms with E-state index in [-0.39, 0.29) is 29.6 Å². The summed E-state index contributed by atoms with van der Waals surface area (Å²) in [6.07, 6.45) is 2.42. The minimum absolute atomic E-state index is 0.0384. The molecule has 0 bridgehead atoms. The van der Waals surface area contributed by atoms with E-state index in [9.17, 15) is 14.0 Å². The average molecular weight is 425 g/mol. The van der Waals surface area contributed by atoms with Crippen LogP contribution in [0.4, 0.5) is 15.8 Å². The molecule has 4 rings (SSSR count). The van der Waals surface area contributed by atoms with Crippen LogP contribution in [0.25, 0.3) is 11.1 Å². The van der Waals surface area contributed by atoms with Gasteiger partial charge in [0.05, 0.1) is 17.4 Å². The molecule has 164 valence electrons. The molecule has 2 unspecified atom stereocenters. The van der Waals surface area contributed by atoms with E-state index in [0.29, 0.717) is 18.8 Å². The van der Waals surface area contributed by atoms with Crippen molar-refractivity contribution in [2.75, 3.05) is 23.0 Å². The summed E-state index contributed by atoms with van der Waals surface area (Å²) in [5, 5.41) is 0. The van der Waals surface area contributed by atoms with Crippen molar-refractivity contribution in [1.29, 1.82) is 0 Å². The standard InChI is InChI=1S/C25H29FN2O3/c1-4-5-19-12-13-31-24(19)25(30)27-15-16(2)28(17(3)29)22-11-8-20(14-23(22)27)18-6-9-21(26)10-7-18/h6-11,14,16,19,24H,4-5,12-13,15H2,1-3H3/t16-,19?,24?/m0/s1. The molecule has 6 heteroatoms. The van der Waals surface area contributed by atoms with Crippen molar-refractivity contribution in [2.24, 2.45) is 5.92 Å². The molecule has 0 aromatic heterocycles. The highest BCUT2D eigenvalue weighted by Crippen LogP contribution is 2.40. The number of rotatable bonds is 4. The van der Waals surface area contributed by atoms with Gasteiger partial charge in [-0.05, 0) is 61.1 Å². The van der Waals surface area contributed by atoms with Crippen molar-refractivity contribution in [1.82, 2.24) is 0 Å². The topological polar surface area (TPSA) is 49.9 Å². The summed E-state index contributed by atoms with van der Waals surface area (Å²) < 4.78 is 19.3. The van der Waals surface area contributed by atoms with Gasteiger partial charge in [0.1, 0.15) is 11.9 Å². The number of ether oxygens (including phenoxy) is 1. The Bertz CT molecular complexity index is 975. The molecule has 0 N–H and O–H groups in total. The van der Waals surface area contributed by atoms with E-state index in [1.807, 2.05) is 25.1 Å². The van der Waals surface area contributed by atoms with E-state index in [2.05, 4.69) is 6.92 Å². The van der Waals surface area contributed by atoms with Crippen molar-refractivity contribution >= 4 is 23.2 Å². The first-order chi connectivity index (χ1) is 14.9. The highest BCUT2D eigenvalue weighted by Gasteiger charge is 2.41. The number of hydrogen-bond acceptors (Lipinski definition) is 3. The Morgan fingerprint density at radius 1 is 1.10 bits per heavy atom. The summed E-state index contributed by atoms with van der Waals surface area (Å²) in [6, 6.07) is 11.8. The number of fused-ring (bicyclic) bond motifs is 1. The Labute approximate surface area is 182 Å². The zero-order valence-electron chi connectivity index (χ0n) is 18.3. The third-order valence-electron chi connectivity index (χ3n) is 6.31. The highest BCUT2D eigenvalue weighted by atomic mass is 19.1. The third kappa shape index (κ3) is 4.09. The Balaban J connectivity index is 1.76. The Kier molecular flexibility index (Phi) is 6.10. The normalized spacial score (nSPS) is 23.0. The third-order valence-corrected chi connectivity index (χ3v) is 6.31. The Hall–Kier alpha value is -2.73. The zero-order valence-corrected chi connectivity index (χ0v) is 18.3. The maximum Gasteiger partial charge on any atom is 0.256 e. The first kappa shape index (κ1) is 21.5. The van der Waals surface area contributed by atoms with Crippen LogP contribution in [0.3, 0.4) is 0 Å². The zero-order chi connectivity index (χ0) is 22.1. The van der Waals surface area contributed by atoms with Gasteiger partial charge in [-0.15, -0.1) is 0 Å². The molecule has 1 fully saturated rings. The van der Waals surface area contributed by atoms with E-state index in [4.69, 9.17) is 4.74 Å². The summed E-state index contributed by atoms with van der Waals surface area (Å²) in [4.78, 5) is 29.5. The van der Waals surface area contributed by atoms with Crippen molar-refractivity contribution in [3.05, 3.63) is 48.3 Å². The number of carbonyl (C=O) groups is 2.